The summed E-state index contributed by atoms with van der Waals surface area (Å²) >= 11 is 5.91. The highest BCUT2D eigenvalue weighted by atomic mass is 35.5. The summed E-state index contributed by atoms with van der Waals surface area (Å²) in [6.07, 6.45) is 0. The van der Waals surface area contributed by atoms with Crippen LogP contribution in [0.25, 0.3) is 0 Å². The van der Waals surface area contributed by atoms with E-state index in [-0.39, 0.29) is 16.1 Å². The van der Waals surface area contributed by atoms with Gasteiger partial charge >= 0.3 is 0 Å². The van der Waals surface area contributed by atoms with Crippen LogP contribution in [-0.4, -0.2) is 22.3 Å². The van der Waals surface area contributed by atoms with Crippen molar-refractivity contribution in [1.82, 2.24) is 4.90 Å². The van der Waals surface area contributed by atoms with Gasteiger partial charge in [-0.15, -0.1) is 0 Å². The lowest BCUT2D eigenvalue weighted by Gasteiger charge is -2.26. The first-order chi connectivity index (χ1) is 7.90. The third kappa shape index (κ3) is 1.51. The quantitative estimate of drug-likeness (QED) is 0.716. The molecule has 4 nitrogen and oxygen atoms in total. The van der Waals surface area contributed by atoms with E-state index in [0.29, 0.717) is 0 Å². The second-order valence-electron chi connectivity index (χ2n) is 4.28. The van der Waals surface area contributed by atoms with Crippen LogP contribution in [-0.2, 0) is 0 Å². The summed E-state index contributed by atoms with van der Waals surface area (Å²) in [6.45, 7) is 3.03. The number of nitriles is 1. The predicted molar refractivity (Wildman–Crippen MR) is 61.6 cm³/mol. The number of carbonyl (C=O) groups excluding carboxylic acids is 2. The van der Waals surface area contributed by atoms with Gasteiger partial charge in [0.05, 0.1) is 22.2 Å². The largest absolute Gasteiger partial charge is 0.269 e. The Bertz CT molecular complexity index is 572. The summed E-state index contributed by atoms with van der Waals surface area (Å²) in [6, 6.07) is 6.63. The van der Waals surface area contributed by atoms with Crippen LogP contribution in [0.2, 0.25) is 5.02 Å². The van der Waals surface area contributed by atoms with Gasteiger partial charge < -0.3 is 0 Å². The van der Waals surface area contributed by atoms with Crippen molar-refractivity contribution >= 4 is 23.4 Å². The molecule has 0 saturated carbocycles. The molecule has 2 rings (SSSR count). The number of fused-ring (bicyclic) bond motifs is 1. The van der Waals surface area contributed by atoms with Crippen molar-refractivity contribution in [2.24, 2.45) is 0 Å². The number of rotatable bonds is 1. The minimum absolute atomic E-state index is 0.183. The number of halogens is 1. The summed E-state index contributed by atoms with van der Waals surface area (Å²) in [5.41, 5.74) is -0.746. The first-order valence-corrected chi connectivity index (χ1v) is 5.36. The van der Waals surface area contributed by atoms with Gasteiger partial charge in [-0.3, -0.25) is 14.5 Å². The van der Waals surface area contributed by atoms with Crippen molar-refractivity contribution in [3.05, 3.63) is 34.3 Å². The highest BCUT2D eigenvalue weighted by Crippen LogP contribution is 2.33. The predicted octanol–water partition coefficient (Wildman–Crippen LogP) is 2.24. The normalized spacial score (nSPS) is 14.8. The van der Waals surface area contributed by atoms with Gasteiger partial charge in [0.1, 0.15) is 5.54 Å². The molecule has 0 spiro atoms. The zero-order valence-electron chi connectivity index (χ0n) is 9.32. The van der Waals surface area contributed by atoms with E-state index in [2.05, 4.69) is 0 Å². The molecule has 0 fully saturated rings. The number of imide groups is 1. The fourth-order valence-electron chi connectivity index (χ4n) is 1.80. The van der Waals surface area contributed by atoms with E-state index < -0.39 is 17.4 Å². The molecular formula is C12H9ClN2O2. The lowest BCUT2D eigenvalue weighted by atomic mass is 10.1. The van der Waals surface area contributed by atoms with Crippen molar-refractivity contribution in [3.8, 4) is 6.07 Å². The first kappa shape index (κ1) is 11.6. The molecule has 1 heterocycles. The molecule has 0 radical (unpaired) electrons. The molecule has 1 aromatic carbocycles. The van der Waals surface area contributed by atoms with E-state index in [9.17, 15) is 9.59 Å². The average Bonchev–Trinajstić information content (AvgIpc) is 2.53. The van der Waals surface area contributed by atoms with E-state index in [1.165, 1.54) is 19.9 Å². The van der Waals surface area contributed by atoms with Gasteiger partial charge in [-0.1, -0.05) is 17.7 Å². The van der Waals surface area contributed by atoms with Crippen LogP contribution in [0.3, 0.4) is 0 Å². The van der Waals surface area contributed by atoms with E-state index in [1.54, 1.807) is 12.1 Å². The van der Waals surface area contributed by atoms with E-state index in [0.717, 1.165) is 4.90 Å². The molecule has 1 aromatic rings. The number of nitrogens with zero attached hydrogens (tertiary/aromatic N) is 2. The van der Waals surface area contributed by atoms with Crippen LogP contribution in [0.4, 0.5) is 0 Å². The van der Waals surface area contributed by atoms with Crippen LogP contribution >= 0.6 is 11.6 Å². The molecule has 17 heavy (non-hydrogen) atoms. The summed E-state index contributed by atoms with van der Waals surface area (Å²) < 4.78 is 0. The third-order valence-electron chi connectivity index (χ3n) is 2.70. The molecule has 2 amide bonds. The number of hydrogen-bond donors (Lipinski definition) is 0. The molecule has 0 unspecified atom stereocenters. The van der Waals surface area contributed by atoms with Crippen molar-refractivity contribution in [2.75, 3.05) is 0 Å². The Morgan fingerprint density at radius 1 is 1.29 bits per heavy atom. The molecule has 0 aliphatic carbocycles. The van der Waals surface area contributed by atoms with Gasteiger partial charge in [0.2, 0.25) is 0 Å². The van der Waals surface area contributed by atoms with Crippen LogP contribution in [0, 0.1) is 11.3 Å². The van der Waals surface area contributed by atoms with Gasteiger partial charge in [0.25, 0.3) is 11.8 Å². The second-order valence-corrected chi connectivity index (χ2v) is 4.69. The van der Waals surface area contributed by atoms with E-state index in [4.69, 9.17) is 16.9 Å². The van der Waals surface area contributed by atoms with Crippen LogP contribution in [0.15, 0.2) is 18.2 Å². The zero-order chi connectivity index (χ0) is 12.8. The Balaban J connectivity index is 2.63. The molecule has 1 aliphatic rings. The molecule has 0 atom stereocenters. The van der Waals surface area contributed by atoms with Gasteiger partial charge in [-0.2, -0.15) is 5.26 Å². The Kier molecular flexibility index (Phi) is 2.44. The fraction of sp³-hybridized carbons (Fsp3) is 0.250. The second kappa shape index (κ2) is 3.57. The molecular weight excluding hydrogens is 240 g/mol. The number of hydrogen-bond acceptors (Lipinski definition) is 3. The fourth-order valence-corrected chi connectivity index (χ4v) is 2.06. The third-order valence-corrected chi connectivity index (χ3v) is 3.01. The van der Waals surface area contributed by atoms with Crippen molar-refractivity contribution in [1.29, 1.82) is 5.26 Å². The van der Waals surface area contributed by atoms with E-state index in [1.807, 2.05) is 6.07 Å². The Hall–Kier alpha value is -1.86. The van der Waals surface area contributed by atoms with Crippen LogP contribution < -0.4 is 0 Å². The number of carbonyl (C=O) groups is 2. The summed E-state index contributed by atoms with van der Waals surface area (Å²) in [5, 5.41) is 9.24. The van der Waals surface area contributed by atoms with Crippen LogP contribution in [0.5, 0.6) is 0 Å². The summed E-state index contributed by atoms with van der Waals surface area (Å²) in [4.78, 5) is 25.1. The van der Waals surface area contributed by atoms with Gasteiger partial charge in [0.15, 0.2) is 0 Å². The molecule has 0 bridgehead atoms. The molecule has 0 aromatic heterocycles. The van der Waals surface area contributed by atoms with Gasteiger partial charge in [-0.25, -0.2) is 0 Å². The van der Waals surface area contributed by atoms with E-state index >= 15 is 0 Å². The summed E-state index contributed by atoms with van der Waals surface area (Å²) in [5.74, 6) is -0.985. The average molecular weight is 249 g/mol. The van der Waals surface area contributed by atoms with Crippen molar-refractivity contribution in [3.63, 3.8) is 0 Å². The Labute approximate surface area is 103 Å². The maximum absolute atomic E-state index is 12.1. The smallest absolute Gasteiger partial charge is 0.264 e. The SMILES string of the molecule is CC(C)(C#N)N1C(=O)c2cccc(Cl)c2C1=O. The Morgan fingerprint density at radius 2 is 1.94 bits per heavy atom. The minimum atomic E-state index is -1.18. The highest BCUT2D eigenvalue weighted by Gasteiger charge is 2.45. The maximum Gasteiger partial charge on any atom is 0.264 e. The highest BCUT2D eigenvalue weighted by molar-refractivity contribution is 6.37. The van der Waals surface area contributed by atoms with Gasteiger partial charge in [0, 0.05) is 0 Å². The lowest BCUT2D eigenvalue weighted by molar-refractivity contribution is 0.0549. The Morgan fingerprint density at radius 3 is 2.47 bits per heavy atom. The lowest BCUT2D eigenvalue weighted by Crippen LogP contribution is -2.46. The van der Waals surface area contributed by atoms with Gasteiger partial charge in [-0.05, 0) is 26.0 Å². The first-order valence-electron chi connectivity index (χ1n) is 4.99. The molecule has 86 valence electrons. The van der Waals surface area contributed by atoms with Crippen molar-refractivity contribution in [2.45, 2.75) is 19.4 Å². The number of benzene rings is 1. The zero-order valence-corrected chi connectivity index (χ0v) is 10.1. The minimum Gasteiger partial charge on any atom is -0.269 e. The monoisotopic (exact) mass is 248 g/mol. The standard InChI is InChI=1S/C12H9ClN2O2/c1-12(2,6-14)15-10(16)7-4-3-5-8(13)9(7)11(15)17/h3-5H,1-2H3. The molecule has 5 heteroatoms. The molecule has 0 N–H and O–H groups in total. The number of amides is 2. The summed E-state index contributed by atoms with van der Waals surface area (Å²) in [7, 11) is 0. The van der Waals surface area contributed by atoms with Crippen LogP contribution in [0.1, 0.15) is 34.6 Å². The molecule has 1 aliphatic heterocycles. The molecule has 0 saturated heterocycles. The maximum atomic E-state index is 12.1. The van der Waals surface area contributed by atoms with Crippen molar-refractivity contribution < 1.29 is 9.59 Å². The topological polar surface area (TPSA) is 61.2 Å².